The smallest absolute Gasteiger partial charge is 0.658 e. The number of hydrogen-bond acceptors (Lipinski definition) is 1. The molecule has 0 aliphatic carbocycles. The molecule has 2 unspecified atom stereocenters. The van der Waals surface area contributed by atoms with Gasteiger partial charge < -0.3 is 5.32 Å². The van der Waals surface area contributed by atoms with Crippen LogP contribution in [-0.4, -0.2) is 36.1 Å². The number of rotatable bonds is 0. The molecule has 0 saturated carbocycles. The molecule has 2 atom stereocenters. The molecular weight excluding hydrogens is 246 g/mol. The summed E-state index contributed by atoms with van der Waals surface area (Å²) in [6.45, 7) is 10.5. The minimum atomic E-state index is 0. The van der Waals surface area contributed by atoms with Gasteiger partial charge in [0.1, 0.15) is 0 Å². The Morgan fingerprint density at radius 2 is 1.93 bits per heavy atom. The normalized spacial score (nSPS) is 33.6. The monoisotopic (exact) mass is 266 g/mol. The van der Waals surface area contributed by atoms with E-state index < -0.39 is 0 Å². The minimum Gasteiger partial charge on any atom is -0.658 e. The van der Waals surface area contributed by atoms with Crippen LogP contribution in [0.4, 0.5) is 0 Å². The Morgan fingerprint density at radius 3 is 2.50 bits per heavy atom. The van der Waals surface area contributed by atoms with Crippen LogP contribution in [0.3, 0.4) is 0 Å². The standard InChI is InChI=1S/C11H21N2.Rb/c1-11(2,3)13-7-9-5-4-6-12-10(9)8-13;/h9-10H,4-8H2,1-3H3;/q-1;+1. The third-order valence-corrected chi connectivity index (χ3v) is 3.45. The predicted octanol–water partition coefficient (Wildman–Crippen LogP) is -0.743. The molecule has 2 nitrogen and oxygen atoms in total. The molecule has 0 radical (unpaired) electrons. The molecule has 0 spiro atoms. The van der Waals surface area contributed by atoms with Crippen molar-refractivity contribution in [3.8, 4) is 0 Å². The molecule has 0 aromatic carbocycles. The van der Waals surface area contributed by atoms with Crippen LogP contribution in [0.1, 0.15) is 33.6 Å². The van der Waals surface area contributed by atoms with Crippen molar-refractivity contribution in [2.75, 3.05) is 19.6 Å². The molecule has 2 aliphatic rings. The summed E-state index contributed by atoms with van der Waals surface area (Å²) in [6.07, 6.45) is 2.72. The zero-order chi connectivity index (χ0) is 9.47. The Hall–Kier alpha value is 1.73. The second kappa shape index (κ2) is 5.37. The summed E-state index contributed by atoms with van der Waals surface area (Å²) in [4.78, 5) is 2.59. The maximum atomic E-state index is 4.71. The summed E-state index contributed by atoms with van der Waals surface area (Å²) in [6, 6.07) is 0.660. The van der Waals surface area contributed by atoms with Crippen molar-refractivity contribution in [2.45, 2.75) is 45.2 Å². The third kappa shape index (κ3) is 3.11. The van der Waals surface area contributed by atoms with E-state index >= 15 is 0 Å². The number of fused-ring (bicyclic) bond motifs is 1. The van der Waals surface area contributed by atoms with E-state index in [1.165, 1.54) is 25.9 Å². The van der Waals surface area contributed by atoms with Gasteiger partial charge in [0.05, 0.1) is 0 Å². The molecule has 0 aromatic heterocycles. The van der Waals surface area contributed by atoms with E-state index in [-0.39, 0.29) is 58.2 Å². The molecule has 2 aliphatic heterocycles. The first-order valence-corrected chi connectivity index (χ1v) is 5.49. The Balaban J connectivity index is 0.000000980. The first-order chi connectivity index (χ1) is 6.07. The van der Waals surface area contributed by atoms with E-state index in [2.05, 4.69) is 25.7 Å². The fourth-order valence-corrected chi connectivity index (χ4v) is 2.50. The van der Waals surface area contributed by atoms with Crippen LogP contribution >= 0.6 is 0 Å². The van der Waals surface area contributed by atoms with E-state index in [1.807, 2.05) is 0 Å². The van der Waals surface area contributed by atoms with Crippen LogP contribution in [0.5, 0.6) is 0 Å². The molecular formula is C11H21N2Rb. The van der Waals surface area contributed by atoms with Crippen LogP contribution in [0, 0.1) is 5.92 Å². The second-order valence-electron chi connectivity index (χ2n) is 5.45. The van der Waals surface area contributed by atoms with E-state index in [4.69, 9.17) is 5.32 Å². The van der Waals surface area contributed by atoms with Gasteiger partial charge in [-0.1, -0.05) is 12.8 Å². The van der Waals surface area contributed by atoms with Gasteiger partial charge in [-0.15, -0.1) is 12.6 Å². The van der Waals surface area contributed by atoms with Crippen LogP contribution < -0.4 is 58.2 Å². The molecule has 0 N–H and O–H groups in total. The molecule has 14 heavy (non-hydrogen) atoms. The molecule has 2 rings (SSSR count). The Labute approximate surface area is 137 Å². The van der Waals surface area contributed by atoms with E-state index in [0.717, 1.165) is 12.5 Å². The molecule has 76 valence electrons. The maximum absolute atomic E-state index is 4.71. The Kier molecular flexibility index (Phi) is 5.29. The van der Waals surface area contributed by atoms with Gasteiger partial charge in [0.2, 0.25) is 0 Å². The number of piperidine rings is 1. The number of likely N-dealkylation sites (tertiary alicyclic amines) is 1. The first-order valence-electron chi connectivity index (χ1n) is 5.49. The van der Waals surface area contributed by atoms with Crippen molar-refractivity contribution < 1.29 is 58.2 Å². The average Bonchev–Trinajstić information content (AvgIpc) is 2.45. The molecule has 2 fully saturated rings. The summed E-state index contributed by atoms with van der Waals surface area (Å²) in [5, 5.41) is 4.71. The van der Waals surface area contributed by atoms with E-state index in [9.17, 15) is 0 Å². The molecule has 0 aromatic rings. The van der Waals surface area contributed by atoms with E-state index in [0.29, 0.717) is 11.6 Å². The van der Waals surface area contributed by atoms with Gasteiger partial charge in [0.25, 0.3) is 0 Å². The number of nitrogens with zero attached hydrogens (tertiary/aromatic N) is 2. The van der Waals surface area contributed by atoms with E-state index in [1.54, 1.807) is 0 Å². The molecule has 2 heterocycles. The Morgan fingerprint density at radius 1 is 1.21 bits per heavy atom. The summed E-state index contributed by atoms with van der Waals surface area (Å²) < 4.78 is 0. The van der Waals surface area contributed by atoms with Crippen molar-refractivity contribution in [3.05, 3.63) is 5.32 Å². The van der Waals surface area contributed by atoms with Gasteiger partial charge in [0, 0.05) is 12.1 Å². The topological polar surface area (TPSA) is 17.3 Å². The SMILES string of the molecule is CC(C)(C)N1CC2CCC[N-]C2C1.[Rb+]. The number of hydrogen-bond donors (Lipinski definition) is 0. The zero-order valence-electron chi connectivity index (χ0n) is 10.1. The van der Waals surface area contributed by atoms with Crippen molar-refractivity contribution in [1.82, 2.24) is 4.90 Å². The summed E-state index contributed by atoms with van der Waals surface area (Å²) in [7, 11) is 0. The largest absolute Gasteiger partial charge is 1.00 e. The van der Waals surface area contributed by atoms with Gasteiger partial charge in [-0.2, -0.15) is 0 Å². The first kappa shape index (κ1) is 13.8. The van der Waals surface area contributed by atoms with Gasteiger partial charge in [-0.3, -0.25) is 4.90 Å². The minimum absolute atomic E-state index is 0. The molecule has 2 saturated heterocycles. The fourth-order valence-electron chi connectivity index (χ4n) is 2.50. The van der Waals surface area contributed by atoms with Gasteiger partial charge in [-0.05, 0) is 33.2 Å². The van der Waals surface area contributed by atoms with Gasteiger partial charge in [-0.25, -0.2) is 0 Å². The molecule has 0 amide bonds. The fraction of sp³-hybridized carbons (Fsp3) is 1.00. The Bertz CT molecular complexity index is 174. The maximum Gasteiger partial charge on any atom is 1.00 e. The van der Waals surface area contributed by atoms with Crippen molar-refractivity contribution in [2.24, 2.45) is 5.92 Å². The summed E-state index contributed by atoms with van der Waals surface area (Å²) in [5.74, 6) is 0.868. The zero-order valence-corrected chi connectivity index (χ0v) is 15.0. The van der Waals surface area contributed by atoms with Gasteiger partial charge in [0.15, 0.2) is 0 Å². The third-order valence-electron chi connectivity index (χ3n) is 3.45. The molecule has 0 bridgehead atoms. The van der Waals surface area contributed by atoms with Crippen molar-refractivity contribution in [1.29, 1.82) is 0 Å². The van der Waals surface area contributed by atoms with Crippen molar-refractivity contribution in [3.63, 3.8) is 0 Å². The van der Waals surface area contributed by atoms with Gasteiger partial charge >= 0.3 is 58.2 Å². The molecule has 3 heteroatoms. The van der Waals surface area contributed by atoms with Crippen LogP contribution in [0.25, 0.3) is 5.32 Å². The quantitative estimate of drug-likeness (QED) is 0.565. The average molecular weight is 267 g/mol. The predicted molar refractivity (Wildman–Crippen MR) is 56.1 cm³/mol. The summed E-state index contributed by atoms with van der Waals surface area (Å²) in [5.41, 5.74) is 0.340. The second-order valence-corrected chi connectivity index (χ2v) is 5.45. The van der Waals surface area contributed by atoms with Crippen LogP contribution in [0.2, 0.25) is 0 Å². The van der Waals surface area contributed by atoms with Crippen LogP contribution in [-0.2, 0) is 0 Å². The summed E-state index contributed by atoms with van der Waals surface area (Å²) >= 11 is 0. The van der Waals surface area contributed by atoms with Crippen LogP contribution in [0.15, 0.2) is 0 Å². The van der Waals surface area contributed by atoms with Crippen molar-refractivity contribution >= 4 is 0 Å².